The number of allylic oxidation sites excluding steroid dienone is 1. The molecule has 0 unspecified atom stereocenters. The lowest BCUT2D eigenvalue weighted by Crippen LogP contribution is -2.77. The lowest BCUT2D eigenvalue weighted by atomic mass is 9.42. The predicted molar refractivity (Wildman–Crippen MR) is 98.9 cm³/mol. The van der Waals surface area contributed by atoms with E-state index in [1.165, 1.54) is 18.2 Å². The first kappa shape index (κ1) is 16.3. The van der Waals surface area contributed by atoms with Crippen LogP contribution in [0.25, 0.3) is 0 Å². The van der Waals surface area contributed by atoms with E-state index in [1.54, 1.807) is 0 Å². The van der Waals surface area contributed by atoms with E-state index in [1.807, 2.05) is 12.1 Å². The third kappa shape index (κ3) is 1.58. The van der Waals surface area contributed by atoms with Crippen molar-refractivity contribution in [1.82, 2.24) is 4.90 Å². The van der Waals surface area contributed by atoms with Crippen LogP contribution in [0.3, 0.4) is 0 Å². The highest BCUT2D eigenvalue weighted by atomic mass is 16.5. The number of carbonyl (C=O) groups is 1. The number of piperidine rings is 2. The van der Waals surface area contributed by atoms with Crippen LogP contribution in [0.1, 0.15) is 25.3 Å². The molecule has 5 nitrogen and oxygen atoms in total. The van der Waals surface area contributed by atoms with E-state index >= 15 is 0 Å². The Kier molecular flexibility index (Phi) is 3.35. The zero-order chi connectivity index (χ0) is 18.1. The molecule has 5 atom stereocenters. The maximum atomic E-state index is 13.4. The van der Waals surface area contributed by atoms with Crippen molar-refractivity contribution in [1.29, 1.82) is 0 Å². The fraction of sp³-hybridized carbons (Fsp3) is 0.571. The Balaban J connectivity index is 1.84. The first-order valence-corrected chi connectivity index (χ1v) is 9.58. The van der Waals surface area contributed by atoms with Gasteiger partial charge in [-0.25, -0.2) is 0 Å². The van der Waals surface area contributed by atoms with Crippen molar-refractivity contribution in [2.75, 3.05) is 32.1 Å². The number of aliphatic hydroxyl groups is 1. The number of nitrogens with one attached hydrogen (secondary N) is 1. The monoisotopic (exact) mass is 354 g/mol. The van der Waals surface area contributed by atoms with Gasteiger partial charge < -0.3 is 15.2 Å². The van der Waals surface area contributed by atoms with Crippen LogP contribution in [0.2, 0.25) is 0 Å². The quantitative estimate of drug-likeness (QED) is 0.628. The second-order valence-corrected chi connectivity index (χ2v) is 8.20. The Morgan fingerprint density at radius 1 is 1.46 bits per heavy atom. The number of anilines is 1. The summed E-state index contributed by atoms with van der Waals surface area (Å²) < 4.78 is 5.37. The Hall–Kier alpha value is -1.85. The maximum Gasteiger partial charge on any atom is 0.315 e. The standard InChI is InChI=1S/C21H26N2O3/c1-3-13-11-23-9-8-20-14-6-4-5-7-16(14)22-18(20)17(23)10-15(13)21(20,12-24)19(25)26-2/h3-7,15,17-18,22,24H,8-12H2,1-2H3/t15-,17-,18-,20+,21-/m0/s1. The molecule has 138 valence electrons. The topological polar surface area (TPSA) is 61.8 Å². The zero-order valence-corrected chi connectivity index (χ0v) is 15.4. The zero-order valence-electron chi connectivity index (χ0n) is 15.4. The number of fused-ring (bicyclic) bond motifs is 2. The Bertz CT molecular complexity index is 806. The highest BCUT2D eigenvalue weighted by Crippen LogP contribution is 2.67. The van der Waals surface area contributed by atoms with Gasteiger partial charge in [-0.1, -0.05) is 29.8 Å². The molecule has 3 heterocycles. The minimum absolute atomic E-state index is 0.0238. The summed E-state index contributed by atoms with van der Waals surface area (Å²) in [5.41, 5.74) is 2.19. The summed E-state index contributed by atoms with van der Waals surface area (Å²) in [5.74, 6) is -0.239. The molecule has 2 N–H and O–H groups in total. The number of carbonyl (C=O) groups excluding carboxylic acids is 1. The maximum absolute atomic E-state index is 13.4. The van der Waals surface area contributed by atoms with Gasteiger partial charge in [-0.15, -0.1) is 0 Å². The molecule has 2 saturated heterocycles. The molecular formula is C21H26N2O3. The number of nitrogens with zero attached hydrogens (tertiary/aromatic N) is 1. The van der Waals surface area contributed by atoms with Crippen LogP contribution >= 0.6 is 0 Å². The molecule has 1 aromatic rings. The van der Waals surface area contributed by atoms with E-state index in [-0.39, 0.29) is 24.5 Å². The van der Waals surface area contributed by atoms with Crippen LogP contribution in [0.4, 0.5) is 5.69 Å². The van der Waals surface area contributed by atoms with Crippen molar-refractivity contribution >= 4 is 11.7 Å². The Morgan fingerprint density at radius 2 is 2.27 bits per heavy atom. The van der Waals surface area contributed by atoms with Crippen LogP contribution in [0.15, 0.2) is 35.9 Å². The smallest absolute Gasteiger partial charge is 0.315 e. The van der Waals surface area contributed by atoms with Gasteiger partial charge in [0.25, 0.3) is 0 Å². The number of hydrogen-bond donors (Lipinski definition) is 2. The van der Waals surface area contributed by atoms with E-state index in [4.69, 9.17) is 4.74 Å². The summed E-state index contributed by atoms with van der Waals surface area (Å²) in [6.45, 7) is 3.70. The number of rotatable bonds is 2. The largest absolute Gasteiger partial charge is 0.468 e. The molecule has 0 amide bonds. The first-order valence-electron chi connectivity index (χ1n) is 9.58. The van der Waals surface area contributed by atoms with Crippen LogP contribution in [-0.4, -0.2) is 54.9 Å². The third-order valence-corrected chi connectivity index (χ3v) is 7.77. The Labute approximate surface area is 154 Å². The van der Waals surface area contributed by atoms with Gasteiger partial charge in [-0.05, 0) is 37.9 Å². The molecular weight excluding hydrogens is 328 g/mol. The van der Waals surface area contributed by atoms with Crippen molar-refractivity contribution in [2.24, 2.45) is 11.3 Å². The van der Waals surface area contributed by atoms with Crippen LogP contribution in [0.5, 0.6) is 0 Å². The fourth-order valence-electron chi connectivity index (χ4n) is 6.77. The summed E-state index contributed by atoms with van der Waals surface area (Å²) in [6, 6.07) is 8.84. The molecule has 26 heavy (non-hydrogen) atoms. The number of para-hydroxylation sites is 1. The van der Waals surface area contributed by atoms with Crippen molar-refractivity contribution in [2.45, 2.75) is 37.3 Å². The predicted octanol–water partition coefficient (Wildman–Crippen LogP) is 1.92. The van der Waals surface area contributed by atoms with Crippen molar-refractivity contribution in [3.05, 3.63) is 41.5 Å². The number of methoxy groups -OCH3 is 1. The molecule has 0 spiro atoms. The van der Waals surface area contributed by atoms with Gasteiger partial charge in [0.2, 0.25) is 0 Å². The number of aliphatic hydroxyl groups excluding tert-OH is 1. The summed E-state index contributed by atoms with van der Waals surface area (Å²) in [6.07, 6.45) is 3.90. The van der Waals surface area contributed by atoms with Crippen molar-refractivity contribution in [3.63, 3.8) is 0 Å². The van der Waals surface area contributed by atoms with Crippen LogP contribution in [-0.2, 0) is 14.9 Å². The lowest BCUT2D eigenvalue weighted by Gasteiger charge is -2.66. The molecule has 1 saturated carbocycles. The molecule has 0 radical (unpaired) electrons. The average Bonchev–Trinajstić information content (AvgIpc) is 3.04. The molecule has 5 rings (SSSR count). The van der Waals surface area contributed by atoms with E-state index in [9.17, 15) is 9.90 Å². The van der Waals surface area contributed by atoms with E-state index in [0.29, 0.717) is 6.04 Å². The molecule has 1 aliphatic carbocycles. The van der Waals surface area contributed by atoms with Gasteiger partial charge >= 0.3 is 5.97 Å². The minimum atomic E-state index is -0.934. The average molecular weight is 354 g/mol. The summed E-state index contributed by atoms with van der Waals surface area (Å²) >= 11 is 0. The number of benzene rings is 1. The van der Waals surface area contributed by atoms with E-state index in [2.05, 4.69) is 35.3 Å². The van der Waals surface area contributed by atoms with Crippen LogP contribution < -0.4 is 5.32 Å². The van der Waals surface area contributed by atoms with Crippen molar-refractivity contribution < 1.29 is 14.6 Å². The molecule has 3 fully saturated rings. The molecule has 1 aromatic carbocycles. The second kappa shape index (κ2) is 5.33. The number of ether oxygens (including phenoxy) is 1. The SMILES string of the molecule is CC=C1CN2CC[C@@]34c5ccccc5N[C@H]3[C@@H]2C[C@@H]1[C@@]4(CO)C(=O)OC. The molecule has 3 aliphatic heterocycles. The summed E-state index contributed by atoms with van der Waals surface area (Å²) in [5, 5.41) is 14.5. The number of esters is 1. The van der Waals surface area contributed by atoms with E-state index < -0.39 is 10.8 Å². The van der Waals surface area contributed by atoms with Gasteiger partial charge in [0.15, 0.2) is 0 Å². The number of hydrogen-bond acceptors (Lipinski definition) is 5. The highest BCUT2D eigenvalue weighted by Gasteiger charge is 2.74. The minimum Gasteiger partial charge on any atom is -0.468 e. The van der Waals surface area contributed by atoms with Gasteiger partial charge in [0, 0.05) is 29.6 Å². The molecule has 3 bridgehead atoms. The summed E-state index contributed by atoms with van der Waals surface area (Å²) in [4.78, 5) is 15.9. The molecule has 4 aliphatic rings. The van der Waals surface area contributed by atoms with Gasteiger partial charge in [0.1, 0.15) is 5.41 Å². The van der Waals surface area contributed by atoms with Gasteiger partial charge in [-0.2, -0.15) is 0 Å². The van der Waals surface area contributed by atoms with Gasteiger partial charge in [0.05, 0.1) is 19.8 Å². The normalized spacial score (nSPS) is 41.5. The van der Waals surface area contributed by atoms with Crippen molar-refractivity contribution in [3.8, 4) is 0 Å². The first-order chi connectivity index (χ1) is 12.6. The fourth-order valence-corrected chi connectivity index (χ4v) is 6.77. The Morgan fingerprint density at radius 3 is 3.00 bits per heavy atom. The highest BCUT2D eigenvalue weighted by molar-refractivity contribution is 5.84. The summed E-state index contributed by atoms with van der Waals surface area (Å²) in [7, 11) is 1.46. The third-order valence-electron chi connectivity index (χ3n) is 7.77. The lowest BCUT2D eigenvalue weighted by molar-refractivity contribution is -0.184. The molecule has 5 heteroatoms. The van der Waals surface area contributed by atoms with Crippen LogP contribution in [0, 0.1) is 11.3 Å². The van der Waals surface area contributed by atoms with Gasteiger partial charge in [-0.3, -0.25) is 9.69 Å². The van der Waals surface area contributed by atoms with E-state index in [0.717, 1.165) is 31.6 Å². The second-order valence-electron chi connectivity index (χ2n) is 8.20. The molecule has 0 aromatic heterocycles.